The molecule has 0 atom stereocenters. The van der Waals surface area contributed by atoms with Gasteiger partial charge in [-0.15, -0.1) is 11.8 Å². The zero-order valence-corrected chi connectivity index (χ0v) is 10.6. The van der Waals surface area contributed by atoms with E-state index in [2.05, 4.69) is 24.9 Å². The maximum atomic E-state index is 5.55. The van der Waals surface area contributed by atoms with E-state index in [9.17, 15) is 0 Å². The Bertz CT molecular complexity index is 401. The lowest BCUT2D eigenvalue weighted by molar-refractivity contribution is 0.228. The van der Waals surface area contributed by atoms with Crippen LogP contribution in [0, 0.1) is 6.92 Å². The van der Waals surface area contributed by atoms with E-state index in [4.69, 9.17) is 4.74 Å². The van der Waals surface area contributed by atoms with E-state index in [1.54, 1.807) is 0 Å². The molecule has 2 heterocycles. The zero-order chi connectivity index (χ0) is 11.4. The second kappa shape index (κ2) is 5.39. The van der Waals surface area contributed by atoms with Crippen molar-refractivity contribution in [2.75, 3.05) is 12.4 Å². The Morgan fingerprint density at radius 3 is 3.00 bits per heavy atom. The minimum Gasteiger partial charge on any atom is -0.497 e. The van der Waals surface area contributed by atoms with E-state index in [1.165, 1.54) is 16.2 Å². The number of aromatic nitrogens is 1. The monoisotopic (exact) mass is 235 g/mol. The predicted molar refractivity (Wildman–Crippen MR) is 68.4 cm³/mol. The minimum atomic E-state index is 0.850. The average molecular weight is 235 g/mol. The Hall–Kier alpha value is -0.960. The molecule has 0 aliphatic carbocycles. The van der Waals surface area contributed by atoms with Crippen LogP contribution in [0.25, 0.3) is 0 Å². The van der Waals surface area contributed by atoms with E-state index in [0.717, 1.165) is 31.0 Å². The molecule has 1 aliphatic heterocycles. The third-order valence-electron chi connectivity index (χ3n) is 2.78. The van der Waals surface area contributed by atoms with E-state index in [-0.39, 0.29) is 0 Å². The van der Waals surface area contributed by atoms with Crippen LogP contribution >= 0.6 is 11.8 Å². The van der Waals surface area contributed by atoms with Gasteiger partial charge in [-0.25, -0.2) is 0 Å². The number of ether oxygens (including phenoxy) is 1. The molecule has 0 spiro atoms. The van der Waals surface area contributed by atoms with E-state index in [1.807, 2.05) is 24.0 Å². The van der Waals surface area contributed by atoms with Gasteiger partial charge >= 0.3 is 0 Å². The summed E-state index contributed by atoms with van der Waals surface area (Å²) in [6.07, 6.45) is 3.93. The maximum absolute atomic E-state index is 5.55. The molecule has 0 saturated heterocycles. The van der Waals surface area contributed by atoms with Gasteiger partial charge in [-0.1, -0.05) is 6.07 Å². The van der Waals surface area contributed by atoms with Crippen molar-refractivity contribution in [3.05, 3.63) is 40.3 Å². The van der Waals surface area contributed by atoms with Gasteiger partial charge in [0.2, 0.25) is 0 Å². The van der Waals surface area contributed by atoms with Crippen LogP contribution in [0.4, 0.5) is 0 Å². The summed E-state index contributed by atoms with van der Waals surface area (Å²) in [4.78, 5) is 5.80. The molecule has 16 heavy (non-hydrogen) atoms. The summed E-state index contributed by atoms with van der Waals surface area (Å²) in [6.45, 7) is 5.03. The van der Waals surface area contributed by atoms with Gasteiger partial charge in [0.25, 0.3) is 0 Å². The fraction of sp³-hybridized carbons (Fsp3) is 0.462. The highest BCUT2D eigenvalue weighted by Crippen LogP contribution is 2.29. The summed E-state index contributed by atoms with van der Waals surface area (Å²) >= 11 is 1.92. The molecule has 0 radical (unpaired) electrons. The van der Waals surface area contributed by atoms with Crippen LogP contribution in [-0.4, -0.2) is 17.3 Å². The maximum Gasteiger partial charge on any atom is 0.102 e. The number of allylic oxidation sites excluding steroid dienone is 2. The molecule has 1 aromatic rings. The molecule has 2 nitrogen and oxygen atoms in total. The molecule has 1 aliphatic rings. The number of pyridine rings is 1. The summed E-state index contributed by atoms with van der Waals surface area (Å²) in [7, 11) is 0. The first kappa shape index (κ1) is 11.5. The fourth-order valence-corrected chi connectivity index (χ4v) is 2.72. The summed E-state index contributed by atoms with van der Waals surface area (Å²) in [5.74, 6) is 2.18. The smallest absolute Gasteiger partial charge is 0.102 e. The van der Waals surface area contributed by atoms with Gasteiger partial charge in [0.1, 0.15) is 5.76 Å². The number of thioether (sulfide) groups is 1. The van der Waals surface area contributed by atoms with Crippen molar-refractivity contribution in [3.63, 3.8) is 0 Å². The molecule has 3 heteroatoms. The van der Waals surface area contributed by atoms with Crippen LogP contribution in [-0.2, 0) is 11.2 Å². The standard InChI is InChI=1S/C13H17NOS/c1-10-4-3-7-14-12(10)5-6-13-11(2)15-8-9-16-13/h3-4,7H,5-6,8-9H2,1-2H3. The van der Waals surface area contributed by atoms with Crippen LogP contribution in [0.15, 0.2) is 29.0 Å². The normalized spacial score (nSPS) is 16.1. The van der Waals surface area contributed by atoms with E-state index >= 15 is 0 Å². The Morgan fingerprint density at radius 1 is 1.38 bits per heavy atom. The molecule has 0 unspecified atom stereocenters. The first-order valence-corrected chi connectivity index (χ1v) is 6.62. The van der Waals surface area contributed by atoms with E-state index in [0.29, 0.717) is 0 Å². The number of nitrogens with zero attached hydrogens (tertiary/aromatic N) is 1. The number of hydrogen-bond acceptors (Lipinski definition) is 3. The van der Waals surface area contributed by atoms with Crippen molar-refractivity contribution >= 4 is 11.8 Å². The lowest BCUT2D eigenvalue weighted by Gasteiger charge is -2.18. The molecule has 0 bridgehead atoms. The predicted octanol–water partition coefficient (Wildman–Crippen LogP) is 3.32. The molecule has 1 aromatic heterocycles. The third-order valence-corrected chi connectivity index (χ3v) is 3.99. The van der Waals surface area contributed by atoms with Crippen molar-refractivity contribution < 1.29 is 4.74 Å². The lowest BCUT2D eigenvalue weighted by atomic mass is 10.1. The highest BCUT2D eigenvalue weighted by Gasteiger charge is 2.11. The van der Waals surface area contributed by atoms with Crippen molar-refractivity contribution in [1.29, 1.82) is 0 Å². The molecule has 0 amide bonds. The van der Waals surface area contributed by atoms with Crippen LogP contribution < -0.4 is 0 Å². The van der Waals surface area contributed by atoms with Gasteiger partial charge in [0.15, 0.2) is 0 Å². The van der Waals surface area contributed by atoms with Crippen LogP contribution in [0.1, 0.15) is 24.6 Å². The number of rotatable bonds is 3. The van der Waals surface area contributed by atoms with E-state index < -0.39 is 0 Å². The summed E-state index contributed by atoms with van der Waals surface area (Å²) in [5.41, 5.74) is 2.48. The molecule has 2 rings (SSSR count). The fourth-order valence-electron chi connectivity index (χ4n) is 1.80. The van der Waals surface area contributed by atoms with Gasteiger partial charge in [0, 0.05) is 22.5 Å². The highest BCUT2D eigenvalue weighted by atomic mass is 32.2. The lowest BCUT2D eigenvalue weighted by Crippen LogP contribution is -2.05. The first-order chi connectivity index (χ1) is 7.77. The summed E-state index contributed by atoms with van der Waals surface area (Å²) < 4.78 is 5.55. The first-order valence-electron chi connectivity index (χ1n) is 5.63. The quantitative estimate of drug-likeness (QED) is 0.802. The topological polar surface area (TPSA) is 22.1 Å². The molecule has 0 aromatic carbocycles. The minimum absolute atomic E-state index is 0.850. The van der Waals surface area contributed by atoms with Gasteiger partial charge in [-0.2, -0.15) is 0 Å². The number of hydrogen-bond donors (Lipinski definition) is 0. The van der Waals surface area contributed by atoms with Crippen molar-refractivity contribution in [1.82, 2.24) is 4.98 Å². The average Bonchev–Trinajstić information content (AvgIpc) is 2.30. The molecule has 0 saturated carbocycles. The molecular formula is C13H17NOS. The molecule has 86 valence electrons. The molecule has 0 fully saturated rings. The summed E-state index contributed by atoms with van der Waals surface area (Å²) in [6, 6.07) is 4.11. The SMILES string of the molecule is CC1=C(CCc2ncccc2C)SCCO1. The second-order valence-electron chi connectivity index (χ2n) is 3.94. The number of aryl methyl sites for hydroxylation is 2. The van der Waals surface area contributed by atoms with Crippen LogP contribution in [0.2, 0.25) is 0 Å². The largest absolute Gasteiger partial charge is 0.497 e. The zero-order valence-electron chi connectivity index (χ0n) is 9.82. The Morgan fingerprint density at radius 2 is 2.25 bits per heavy atom. The van der Waals surface area contributed by atoms with Crippen LogP contribution in [0.5, 0.6) is 0 Å². The van der Waals surface area contributed by atoms with Crippen molar-refractivity contribution in [2.24, 2.45) is 0 Å². The van der Waals surface area contributed by atoms with Crippen LogP contribution in [0.3, 0.4) is 0 Å². The highest BCUT2D eigenvalue weighted by molar-refractivity contribution is 8.03. The van der Waals surface area contributed by atoms with Gasteiger partial charge in [0.05, 0.1) is 6.61 Å². The molecule has 0 N–H and O–H groups in total. The van der Waals surface area contributed by atoms with Crippen molar-refractivity contribution in [2.45, 2.75) is 26.7 Å². The summed E-state index contributed by atoms with van der Waals surface area (Å²) in [5, 5.41) is 0. The Balaban J connectivity index is 2.00. The van der Waals surface area contributed by atoms with Gasteiger partial charge in [-0.05, 0) is 38.3 Å². The van der Waals surface area contributed by atoms with Gasteiger partial charge in [-0.3, -0.25) is 4.98 Å². The second-order valence-corrected chi connectivity index (χ2v) is 5.13. The molecular weight excluding hydrogens is 218 g/mol. The van der Waals surface area contributed by atoms with Gasteiger partial charge < -0.3 is 4.74 Å². The Labute approximate surface area is 101 Å². The third kappa shape index (κ3) is 2.79. The van der Waals surface area contributed by atoms with Crippen molar-refractivity contribution in [3.8, 4) is 0 Å². The Kier molecular flexibility index (Phi) is 3.88.